The van der Waals surface area contributed by atoms with Crippen molar-refractivity contribution in [3.63, 3.8) is 0 Å². The van der Waals surface area contributed by atoms with Crippen LogP contribution in [-0.2, 0) is 17.7 Å². The van der Waals surface area contributed by atoms with E-state index in [1.165, 1.54) is 18.5 Å². The number of ether oxygens (including phenoxy) is 1. The Morgan fingerprint density at radius 1 is 1.50 bits per heavy atom. The van der Waals surface area contributed by atoms with Gasteiger partial charge in [-0.2, -0.15) is 5.10 Å². The maximum atomic E-state index is 6.20. The van der Waals surface area contributed by atoms with Crippen molar-refractivity contribution in [3.8, 4) is 0 Å². The van der Waals surface area contributed by atoms with Crippen LogP contribution < -0.4 is 5.73 Å². The summed E-state index contributed by atoms with van der Waals surface area (Å²) in [7, 11) is 0. The zero-order chi connectivity index (χ0) is 14.3. The third-order valence-corrected chi connectivity index (χ3v) is 5.96. The molecule has 2 N–H and O–H groups in total. The summed E-state index contributed by atoms with van der Waals surface area (Å²) >= 11 is 3.71. The summed E-state index contributed by atoms with van der Waals surface area (Å²) in [4.78, 5) is 0. The van der Waals surface area contributed by atoms with Crippen molar-refractivity contribution in [2.24, 2.45) is 17.1 Å². The van der Waals surface area contributed by atoms with E-state index in [-0.39, 0.29) is 5.41 Å². The molecule has 1 aliphatic carbocycles. The van der Waals surface area contributed by atoms with Crippen LogP contribution in [0.1, 0.15) is 37.6 Å². The van der Waals surface area contributed by atoms with Gasteiger partial charge in [0.25, 0.3) is 0 Å². The third kappa shape index (κ3) is 2.34. The number of aromatic nitrogens is 2. The molecule has 2 atom stereocenters. The predicted octanol–water partition coefficient (Wildman–Crippen LogP) is 2.66. The lowest BCUT2D eigenvalue weighted by Gasteiger charge is -2.33. The van der Waals surface area contributed by atoms with Gasteiger partial charge in [-0.05, 0) is 61.4 Å². The first-order chi connectivity index (χ1) is 9.61. The Bertz CT molecular complexity index is 498. The number of nitrogens with zero attached hydrogens (tertiary/aromatic N) is 2. The molecule has 5 heteroatoms. The molecule has 2 heterocycles. The fourth-order valence-electron chi connectivity index (χ4n) is 3.59. The van der Waals surface area contributed by atoms with E-state index in [4.69, 9.17) is 10.5 Å². The van der Waals surface area contributed by atoms with Gasteiger partial charge in [0.1, 0.15) is 0 Å². The van der Waals surface area contributed by atoms with Crippen LogP contribution >= 0.6 is 15.9 Å². The van der Waals surface area contributed by atoms with Crippen LogP contribution in [0.4, 0.5) is 0 Å². The lowest BCUT2D eigenvalue weighted by molar-refractivity contribution is 0.0336. The topological polar surface area (TPSA) is 53.1 Å². The second-order valence-corrected chi connectivity index (χ2v) is 7.08. The minimum Gasteiger partial charge on any atom is -0.377 e. The van der Waals surface area contributed by atoms with Gasteiger partial charge in [0, 0.05) is 25.1 Å². The molecule has 1 aliphatic heterocycles. The molecule has 2 aliphatic rings. The Labute approximate surface area is 129 Å². The summed E-state index contributed by atoms with van der Waals surface area (Å²) in [5, 5.41) is 4.61. The molecule has 3 rings (SSSR count). The SMILES string of the molecule is CCn1nc(C)c(Br)c1CC1(CN)CCOC1C1CC1. The molecular formula is C15H24BrN3O. The highest BCUT2D eigenvalue weighted by Crippen LogP contribution is 2.49. The van der Waals surface area contributed by atoms with Gasteiger partial charge < -0.3 is 10.5 Å². The van der Waals surface area contributed by atoms with Crippen LogP contribution in [0.25, 0.3) is 0 Å². The number of hydrogen-bond donors (Lipinski definition) is 1. The Balaban J connectivity index is 1.91. The summed E-state index contributed by atoms with van der Waals surface area (Å²) < 4.78 is 9.31. The standard InChI is InChI=1S/C15H24BrN3O/c1-3-19-12(13(16)10(2)18-19)8-15(9-17)6-7-20-14(15)11-4-5-11/h11,14H,3-9,17H2,1-2H3. The largest absolute Gasteiger partial charge is 0.377 e. The minimum atomic E-state index is 0.100. The third-order valence-electron chi connectivity index (χ3n) is 4.93. The van der Waals surface area contributed by atoms with Gasteiger partial charge in [-0.25, -0.2) is 0 Å². The van der Waals surface area contributed by atoms with Crippen LogP contribution in [0.3, 0.4) is 0 Å². The second-order valence-electron chi connectivity index (χ2n) is 6.28. The summed E-state index contributed by atoms with van der Waals surface area (Å²) in [5.74, 6) is 0.735. The van der Waals surface area contributed by atoms with Crippen molar-refractivity contribution < 1.29 is 4.74 Å². The lowest BCUT2D eigenvalue weighted by Crippen LogP contribution is -2.42. The Kier molecular flexibility index (Phi) is 3.95. The maximum absolute atomic E-state index is 6.20. The average Bonchev–Trinajstić information content (AvgIpc) is 3.16. The molecule has 2 fully saturated rings. The van der Waals surface area contributed by atoms with Gasteiger partial charge in [-0.15, -0.1) is 0 Å². The van der Waals surface area contributed by atoms with Gasteiger partial charge in [0.15, 0.2) is 0 Å². The van der Waals surface area contributed by atoms with Gasteiger partial charge in [0.2, 0.25) is 0 Å². The Morgan fingerprint density at radius 3 is 2.85 bits per heavy atom. The van der Waals surface area contributed by atoms with Gasteiger partial charge in [-0.1, -0.05) is 0 Å². The first-order valence-electron chi connectivity index (χ1n) is 7.64. The number of rotatable bonds is 5. The zero-order valence-corrected chi connectivity index (χ0v) is 13.9. The summed E-state index contributed by atoms with van der Waals surface area (Å²) in [6.07, 6.45) is 5.00. The quantitative estimate of drug-likeness (QED) is 0.895. The van der Waals surface area contributed by atoms with Crippen molar-refractivity contribution in [1.29, 1.82) is 0 Å². The highest BCUT2D eigenvalue weighted by molar-refractivity contribution is 9.10. The lowest BCUT2D eigenvalue weighted by atomic mass is 9.75. The van der Waals surface area contributed by atoms with Crippen molar-refractivity contribution in [1.82, 2.24) is 9.78 Å². The molecule has 0 bridgehead atoms. The highest BCUT2D eigenvalue weighted by atomic mass is 79.9. The normalized spacial score (nSPS) is 30.1. The molecule has 1 aromatic rings. The second kappa shape index (κ2) is 5.43. The first kappa shape index (κ1) is 14.5. The smallest absolute Gasteiger partial charge is 0.0738 e. The van der Waals surface area contributed by atoms with E-state index >= 15 is 0 Å². The number of nitrogens with two attached hydrogens (primary N) is 1. The molecular weight excluding hydrogens is 318 g/mol. The molecule has 20 heavy (non-hydrogen) atoms. The minimum absolute atomic E-state index is 0.100. The molecule has 2 unspecified atom stereocenters. The molecule has 1 aromatic heterocycles. The summed E-state index contributed by atoms with van der Waals surface area (Å²) in [5.41, 5.74) is 8.65. The van der Waals surface area contributed by atoms with Crippen molar-refractivity contribution in [2.45, 2.75) is 52.2 Å². The van der Waals surface area contributed by atoms with Gasteiger partial charge >= 0.3 is 0 Å². The van der Waals surface area contributed by atoms with E-state index < -0.39 is 0 Å². The molecule has 4 nitrogen and oxygen atoms in total. The van der Waals surface area contributed by atoms with Crippen LogP contribution in [0.15, 0.2) is 4.47 Å². The average molecular weight is 342 g/mol. The first-order valence-corrected chi connectivity index (χ1v) is 8.44. The van der Waals surface area contributed by atoms with Gasteiger partial charge in [0.05, 0.1) is 22.0 Å². The molecule has 0 radical (unpaired) electrons. The van der Waals surface area contributed by atoms with Crippen molar-refractivity contribution >= 4 is 15.9 Å². The molecule has 1 saturated heterocycles. The number of aryl methyl sites for hydroxylation is 2. The van der Waals surface area contributed by atoms with E-state index in [9.17, 15) is 0 Å². The highest BCUT2D eigenvalue weighted by Gasteiger charge is 2.50. The zero-order valence-electron chi connectivity index (χ0n) is 12.4. The van der Waals surface area contributed by atoms with Gasteiger partial charge in [-0.3, -0.25) is 4.68 Å². The van der Waals surface area contributed by atoms with E-state index in [2.05, 4.69) is 39.6 Å². The van der Waals surface area contributed by atoms with E-state index in [1.54, 1.807) is 0 Å². The summed E-state index contributed by atoms with van der Waals surface area (Å²) in [6, 6.07) is 0. The predicted molar refractivity (Wildman–Crippen MR) is 82.6 cm³/mol. The fourth-order valence-corrected chi connectivity index (χ4v) is 4.02. The van der Waals surface area contributed by atoms with E-state index in [1.807, 2.05) is 0 Å². The number of halogens is 1. The van der Waals surface area contributed by atoms with E-state index in [0.29, 0.717) is 12.6 Å². The molecule has 0 spiro atoms. The fraction of sp³-hybridized carbons (Fsp3) is 0.800. The van der Waals surface area contributed by atoms with Crippen LogP contribution in [0.5, 0.6) is 0 Å². The monoisotopic (exact) mass is 341 g/mol. The molecule has 0 aromatic carbocycles. The maximum Gasteiger partial charge on any atom is 0.0738 e. The van der Waals surface area contributed by atoms with Crippen molar-refractivity contribution in [2.75, 3.05) is 13.2 Å². The molecule has 0 amide bonds. The van der Waals surface area contributed by atoms with Crippen molar-refractivity contribution in [3.05, 3.63) is 15.9 Å². The summed E-state index contributed by atoms with van der Waals surface area (Å²) in [6.45, 7) is 6.65. The molecule has 1 saturated carbocycles. The van der Waals surface area contributed by atoms with E-state index in [0.717, 1.165) is 42.1 Å². The van der Waals surface area contributed by atoms with Crippen LogP contribution in [0, 0.1) is 18.3 Å². The molecule has 112 valence electrons. The van der Waals surface area contributed by atoms with Crippen LogP contribution in [-0.4, -0.2) is 29.0 Å². The Morgan fingerprint density at radius 2 is 2.25 bits per heavy atom. The van der Waals surface area contributed by atoms with Crippen LogP contribution in [0.2, 0.25) is 0 Å². The Hall–Kier alpha value is -0.390. The number of hydrogen-bond acceptors (Lipinski definition) is 3.